The molecular weight excluding hydrogens is 244 g/mol. The molecular formula is C14H24N2OS. The zero-order valence-electron chi connectivity index (χ0n) is 11.6. The third-order valence-electron chi connectivity index (χ3n) is 2.78. The first-order chi connectivity index (χ1) is 8.69. The predicted octanol–water partition coefficient (Wildman–Crippen LogP) is 3.10. The highest BCUT2D eigenvalue weighted by Gasteiger charge is 2.03. The first-order valence-corrected chi connectivity index (χ1v) is 7.56. The molecule has 1 aromatic carbocycles. The van der Waals surface area contributed by atoms with E-state index in [0.717, 1.165) is 36.8 Å². The number of nitrogen functional groups attached to an aromatic ring is 1. The second kappa shape index (κ2) is 8.27. The average molecular weight is 268 g/mol. The molecule has 0 fully saturated rings. The Morgan fingerprint density at radius 3 is 2.50 bits per heavy atom. The Labute approximate surface area is 115 Å². The van der Waals surface area contributed by atoms with Crippen LogP contribution >= 0.6 is 11.8 Å². The summed E-state index contributed by atoms with van der Waals surface area (Å²) >= 11 is 1.83. The van der Waals surface area contributed by atoms with Gasteiger partial charge >= 0.3 is 0 Å². The molecule has 18 heavy (non-hydrogen) atoms. The van der Waals surface area contributed by atoms with Gasteiger partial charge in [0.15, 0.2) is 0 Å². The monoisotopic (exact) mass is 268 g/mol. The molecule has 0 spiro atoms. The number of anilines is 1. The highest BCUT2D eigenvalue weighted by Crippen LogP contribution is 2.26. The molecule has 0 atom stereocenters. The minimum atomic E-state index is 0.674. The Kier molecular flexibility index (Phi) is 6.98. The fourth-order valence-electron chi connectivity index (χ4n) is 1.76. The second-order valence-corrected chi connectivity index (χ2v) is 5.21. The number of ether oxygens (including phenoxy) is 1. The number of nitrogens with zero attached hydrogens (tertiary/aromatic N) is 1. The van der Waals surface area contributed by atoms with Crippen LogP contribution in [-0.4, -0.2) is 36.9 Å². The fraction of sp³-hybridized carbons (Fsp3) is 0.571. The van der Waals surface area contributed by atoms with Crippen molar-refractivity contribution in [3.63, 3.8) is 0 Å². The van der Waals surface area contributed by atoms with Crippen LogP contribution in [0.4, 0.5) is 5.69 Å². The summed E-state index contributed by atoms with van der Waals surface area (Å²) in [5.74, 6) is 1.94. The molecule has 0 aliphatic carbocycles. The highest BCUT2D eigenvalue weighted by molar-refractivity contribution is 7.99. The van der Waals surface area contributed by atoms with Gasteiger partial charge in [0.25, 0.3) is 0 Å². The quantitative estimate of drug-likeness (QED) is 0.581. The molecule has 0 radical (unpaired) electrons. The summed E-state index contributed by atoms with van der Waals surface area (Å²) in [6.45, 7) is 10.4. The third kappa shape index (κ3) is 5.19. The van der Waals surface area contributed by atoms with Gasteiger partial charge in [-0.15, -0.1) is 11.8 Å². The second-order valence-electron chi connectivity index (χ2n) is 4.05. The maximum absolute atomic E-state index is 5.87. The minimum absolute atomic E-state index is 0.674. The highest BCUT2D eigenvalue weighted by atomic mass is 32.2. The van der Waals surface area contributed by atoms with Crippen LogP contribution in [0.5, 0.6) is 5.75 Å². The Balaban J connectivity index is 2.51. The number of thioether (sulfide) groups is 1. The lowest BCUT2D eigenvalue weighted by atomic mass is 10.3. The summed E-state index contributed by atoms with van der Waals surface area (Å²) < 4.78 is 5.49. The van der Waals surface area contributed by atoms with Gasteiger partial charge < -0.3 is 15.4 Å². The van der Waals surface area contributed by atoms with Crippen molar-refractivity contribution in [2.75, 3.05) is 37.7 Å². The van der Waals surface area contributed by atoms with Gasteiger partial charge in [0.2, 0.25) is 0 Å². The van der Waals surface area contributed by atoms with Gasteiger partial charge in [-0.05, 0) is 32.1 Å². The molecule has 0 saturated carbocycles. The van der Waals surface area contributed by atoms with Crippen LogP contribution in [0.25, 0.3) is 0 Å². The average Bonchev–Trinajstić information content (AvgIpc) is 2.34. The molecule has 0 bridgehead atoms. The summed E-state index contributed by atoms with van der Waals surface area (Å²) in [6.07, 6.45) is 0. The lowest BCUT2D eigenvalue weighted by Gasteiger charge is -2.17. The number of hydrogen-bond acceptors (Lipinski definition) is 4. The number of rotatable bonds is 8. The maximum Gasteiger partial charge on any atom is 0.122 e. The molecule has 1 rings (SSSR count). The molecule has 0 saturated heterocycles. The molecule has 0 amide bonds. The molecule has 1 aromatic rings. The van der Waals surface area contributed by atoms with Gasteiger partial charge in [0, 0.05) is 28.9 Å². The van der Waals surface area contributed by atoms with E-state index in [9.17, 15) is 0 Å². The maximum atomic E-state index is 5.87. The molecule has 3 nitrogen and oxygen atoms in total. The van der Waals surface area contributed by atoms with E-state index in [1.807, 2.05) is 30.8 Å². The predicted molar refractivity (Wildman–Crippen MR) is 80.5 cm³/mol. The summed E-state index contributed by atoms with van der Waals surface area (Å²) in [7, 11) is 0. The van der Waals surface area contributed by atoms with Crippen molar-refractivity contribution in [1.29, 1.82) is 0 Å². The van der Waals surface area contributed by atoms with Crippen LogP contribution < -0.4 is 10.5 Å². The van der Waals surface area contributed by atoms with E-state index in [1.54, 1.807) is 0 Å². The minimum Gasteiger partial charge on any atom is -0.494 e. The molecule has 0 heterocycles. The largest absolute Gasteiger partial charge is 0.494 e. The van der Waals surface area contributed by atoms with E-state index in [-0.39, 0.29) is 0 Å². The van der Waals surface area contributed by atoms with E-state index in [0.29, 0.717) is 6.61 Å². The topological polar surface area (TPSA) is 38.5 Å². The Morgan fingerprint density at radius 1 is 1.17 bits per heavy atom. The number of benzene rings is 1. The first kappa shape index (κ1) is 15.2. The lowest BCUT2D eigenvalue weighted by molar-refractivity contribution is 0.324. The van der Waals surface area contributed by atoms with E-state index >= 15 is 0 Å². The van der Waals surface area contributed by atoms with Crippen LogP contribution in [0.2, 0.25) is 0 Å². The van der Waals surface area contributed by atoms with Crippen LogP contribution in [0.1, 0.15) is 20.8 Å². The Hall–Kier alpha value is -0.870. The zero-order chi connectivity index (χ0) is 13.4. The van der Waals surface area contributed by atoms with Gasteiger partial charge in [0.1, 0.15) is 5.75 Å². The molecule has 0 aliphatic heterocycles. The standard InChI is InChI=1S/C14H24N2OS/c1-4-16(5-2)7-8-18-14-10-12(15)9-13(11-14)17-6-3/h9-11H,4-8,15H2,1-3H3. The Morgan fingerprint density at radius 2 is 1.89 bits per heavy atom. The van der Waals surface area contributed by atoms with Crippen molar-refractivity contribution in [2.45, 2.75) is 25.7 Å². The zero-order valence-corrected chi connectivity index (χ0v) is 12.4. The number of nitrogens with two attached hydrogens (primary N) is 1. The lowest BCUT2D eigenvalue weighted by Crippen LogP contribution is -2.25. The van der Waals surface area contributed by atoms with Crippen molar-refractivity contribution < 1.29 is 4.74 Å². The van der Waals surface area contributed by atoms with Crippen LogP contribution in [0.15, 0.2) is 23.1 Å². The van der Waals surface area contributed by atoms with Crippen LogP contribution in [0, 0.1) is 0 Å². The van der Waals surface area contributed by atoms with Gasteiger partial charge in [-0.25, -0.2) is 0 Å². The molecule has 0 aromatic heterocycles. The molecule has 4 heteroatoms. The van der Waals surface area contributed by atoms with E-state index in [1.165, 1.54) is 4.90 Å². The van der Waals surface area contributed by atoms with Crippen molar-refractivity contribution in [3.8, 4) is 5.75 Å². The Bertz CT molecular complexity index is 354. The summed E-state index contributed by atoms with van der Waals surface area (Å²) in [5, 5.41) is 0. The van der Waals surface area contributed by atoms with Gasteiger partial charge in [-0.3, -0.25) is 0 Å². The molecule has 0 aliphatic rings. The van der Waals surface area contributed by atoms with E-state index in [4.69, 9.17) is 10.5 Å². The molecule has 102 valence electrons. The van der Waals surface area contributed by atoms with Crippen LogP contribution in [-0.2, 0) is 0 Å². The van der Waals surface area contributed by atoms with Crippen LogP contribution in [0.3, 0.4) is 0 Å². The first-order valence-electron chi connectivity index (χ1n) is 6.58. The van der Waals surface area contributed by atoms with E-state index in [2.05, 4.69) is 24.8 Å². The number of hydrogen-bond donors (Lipinski definition) is 1. The van der Waals surface area contributed by atoms with Gasteiger partial charge in [-0.1, -0.05) is 13.8 Å². The summed E-state index contributed by atoms with van der Waals surface area (Å²) in [5.41, 5.74) is 6.64. The normalized spacial score (nSPS) is 10.9. The molecule has 0 unspecified atom stereocenters. The van der Waals surface area contributed by atoms with Crippen molar-refractivity contribution in [3.05, 3.63) is 18.2 Å². The summed E-state index contributed by atoms with van der Waals surface area (Å²) in [4.78, 5) is 3.61. The fourth-order valence-corrected chi connectivity index (χ4v) is 2.76. The SMILES string of the molecule is CCOc1cc(N)cc(SCCN(CC)CC)c1. The van der Waals surface area contributed by atoms with Gasteiger partial charge in [0.05, 0.1) is 6.61 Å². The van der Waals surface area contributed by atoms with Crippen molar-refractivity contribution >= 4 is 17.4 Å². The van der Waals surface area contributed by atoms with Gasteiger partial charge in [-0.2, -0.15) is 0 Å². The third-order valence-corrected chi connectivity index (χ3v) is 3.74. The summed E-state index contributed by atoms with van der Waals surface area (Å²) in [6, 6.07) is 5.94. The van der Waals surface area contributed by atoms with Crippen molar-refractivity contribution in [2.24, 2.45) is 0 Å². The van der Waals surface area contributed by atoms with E-state index < -0.39 is 0 Å². The van der Waals surface area contributed by atoms with Crippen molar-refractivity contribution in [1.82, 2.24) is 4.90 Å². The molecule has 2 N–H and O–H groups in total. The smallest absolute Gasteiger partial charge is 0.122 e.